The molecule has 0 radical (unpaired) electrons. The Bertz CT molecular complexity index is 126. The van der Waals surface area contributed by atoms with E-state index in [4.69, 9.17) is 11.5 Å². The highest BCUT2D eigenvalue weighted by Crippen LogP contribution is 1.98. The SMILES string of the molecule is COC(=O)C(N)CCC(C)N. The smallest absolute Gasteiger partial charge is 0.322 e. The van der Waals surface area contributed by atoms with Gasteiger partial charge in [0.2, 0.25) is 0 Å². The lowest BCUT2D eigenvalue weighted by Crippen LogP contribution is -2.33. The molecule has 11 heavy (non-hydrogen) atoms. The van der Waals surface area contributed by atoms with Crippen molar-refractivity contribution in [3.63, 3.8) is 0 Å². The van der Waals surface area contributed by atoms with Crippen LogP contribution in [-0.4, -0.2) is 25.2 Å². The third-order valence-electron chi connectivity index (χ3n) is 1.44. The van der Waals surface area contributed by atoms with Gasteiger partial charge in [-0.2, -0.15) is 0 Å². The highest BCUT2D eigenvalue weighted by atomic mass is 16.5. The van der Waals surface area contributed by atoms with Crippen LogP contribution in [0.15, 0.2) is 0 Å². The molecule has 0 saturated carbocycles. The molecule has 0 aromatic heterocycles. The number of carbonyl (C=O) groups is 1. The maximum absolute atomic E-state index is 10.7. The van der Waals surface area contributed by atoms with E-state index in [-0.39, 0.29) is 12.0 Å². The molecule has 0 aromatic carbocycles. The molecule has 66 valence electrons. The molecule has 0 aromatic rings. The first-order valence-electron chi connectivity index (χ1n) is 3.67. The third kappa shape index (κ3) is 4.75. The van der Waals surface area contributed by atoms with E-state index in [1.54, 1.807) is 0 Å². The predicted octanol–water partition coefficient (Wildman–Crippen LogP) is -0.386. The van der Waals surface area contributed by atoms with Crippen molar-refractivity contribution in [1.82, 2.24) is 0 Å². The van der Waals surface area contributed by atoms with Gasteiger partial charge in [0.15, 0.2) is 0 Å². The maximum atomic E-state index is 10.7. The molecule has 0 aliphatic rings. The molecule has 4 heteroatoms. The molecule has 0 amide bonds. The summed E-state index contributed by atoms with van der Waals surface area (Å²) in [7, 11) is 1.33. The number of ether oxygens (including phenoxy) is 1. The largest absolute Gasteiger partial charge is 0.468 e. The minimum Gasteiger partial charge on any atom is -0.468 e. The van der Waals surface area contributed by atoms with E-state index < -0.39 is 6.04 Å². The van der Waals surface area contributed by atoms with Crippen molar-refractivity contribution < 1.29 is 9.53 Å². The zero-order chi connectivity index (χ0) is 8.85. The Morgan fingerprint density at radius 1 is 1.45 bits per heavy atom. The molecular formula is C7H16N2O2. The second-order valence-electron chi connectivity index (χ2n) is 2.68. The number of nitrogens with two attached hydrogens (primary N) is 2. The first kappa shape index (κ1) is 10.4. The van der Waals surface area contributed by atoms with E-state index in [9.17, 15) is 4.79 Å². The summed E-state index contributed by atoms with van der Waals surface area (Å²) in [5.41, 5.74) is 10.9. The lowest BCUT2D eigenvalue weighted by molar-refractivity contribution is -0.142. The van der Waals surface area contributed by atoms with E-state index in [0.717, 1.165) is 6.42 Å². The summed E-state index contributed by atoms with van der Waals surface area (Å²) in [5, 5.41) is 0. The van der Waals surface area contributed by atoms with Gasteiger partial charge in [-0.3, -0.25) is 4.79 Å². The fraction of sp³-hybridized carbons (Fsp3) is 0.857. The second kappa shape index (κ2) is 5.09. The van der Waals surface area contributed by atoms with Crippen molar-refractivity contribution in [3.8, 4) is 0 Å². The van der Waals surface area contributed by atoms with E-state index in [1.165, 1.54) is 7.11 Å². The molecule has 4 N–H and O–H groups in total. The third-order valence-corrected chi connectivity index (χ3v) is 1.44. The van der Waals surface area contributed by atoms with Gasteiger partial charge in [0.1, 0.15) is 6.04 Å². The number of methoxy groups -OCH3 is 1. The van der Waals surface area contributed by atoms with Crippen LogP contribution in [-0.2, 0) is 9.53 Å². The van der Waals surface area contributed by atoms with Gasteiger partial charge in [-0.05, 0) is 19.8 Å². The van der Waals surface area contributed by atoms with Crippen molar-refractivity contribution in [3.05, 3.63) is 0 Å². The van der Waals surface area contributed by atoms with Crippen molar-refractivity contribution in [2.24, 2.45) is 11.5 Å². The Hall–Kier alpha value is -0.610. The van der Waals surface area contributed by atoms with Crippen molar-refractivity contribution >= 4 is 5.97 Å². The van der Waals surface area contributed by atoms with E-state index in [0.29, 0.717) is 6.42 Å². The molecule has 0 saturated heterocycles. The molecule has 0 rings (SSSR count). The van der Waals surface area contributed by atoms with Crippen LogP contribution >= 0.6 is 0 Å². The van der Waals surface area contributed by atoms with E-state index in [2.05, 4.69) is 4.74 Å². The number of carbonyl (C=O) groups excluding carboxylic acids is 1. The number of esters is 1. The first-order valence-corrected chi connectivity index (χ1v) is 3.67. The summed E-state index contributed by atoms with van der Waals surface area (Å²) in [6, 6.07) is -0.434. The zero-order valence-corrected chi connectivity index (χ0v) is 7.04. The number of hydrogen-bond donors (Lipinski definition) is 2. The van der Waals surface area contributed by atoms with Crippen molar-refractivity contribution in [1.29, 1.82) is 0 Å². The molecule has 4 nitrogen and oxygen atoms in total. The lowest BCUT2D eigenvalue weighted by atomic mass is 10.1. The Morgan fingerprint density at radius 2 is 2.00 bits per heavy atom. The standard InChI is InChI=1S/C7H16N2O2/c1-5(8)3-4-6(9)7(10)11-2/h5-6H,3-4,8-9H2,1-2H3. The highest BCUT2D eigenvalue weighted by molar-refractivity contribution is 5.75. The van der Waals surface area contributed by atoms with Crippen molar-refractivity contribution in [2.45, 2.75) is 31.8 Å². The fourth-order valence-electron chi connectivity index (χ4n) is 0.712. The summed E-state index contributed by atoms with van der Waals surface area (Å²) in [6.45, 7) is 1.88. The Labute approximate surface area is 66.9 Å². The molecule has 2 unspecified atom stereocenters. The Kier molecular flexibility index (Phi) is 4.81. The summed E-state index contributed by atoms with van der Waals surface area (Å²) < 4.78 is 4.44. The fourth-order valence-corrected chi connectivity index (χ4v) is 0.712. The average molecular weight is 160 g/mol. The molecule has 2 atom stereocenters. The summed E-state index contributed by atoms with van der Waals surface area (Å²) in [5.74, 6) is -0.370. The van der Waals surface area contributed by atoms with Crippen LogP contribution in [0.4, 0.5) is 0 Å². The van der Waals surface area contributed by atoms with Crippen LogP contribution in [0, 0.1) is 0 Å². The topological polar surface area (TPSA) is 78.3 Å². The molecule has 0 fully saturated rings. The molecule has 0 bridgehead atoms. The maximum Gasteiger partial charge on any atom is 0.322 e. The van der Waals surface area contributed by atoms with Gasteiger partial charge < -0.3 is 16.2 Å². The summed E-state index contributed by atoms with van der Waals surface area (Å²) in [6.07, 6.45) is 1.33. The molecule has 0 aliphatic carbocycles. The summed E-state index contributed by atoms with van der Waals surface area (Å²) in [4.78, 5) is 10.7. The minimum absolute atomic E-state index is 0.0886. The van der Waals surface area contributed by atoms with E-state index in [1.807, 2.05) is 6.92 Å². The Balaban J connectivity index is 3.52. The van der Waals surface area contributed by atoms with E-state index >= 15 is 0 Å². The summed E-state index contributed by atoms with van der Waals surface area (Å²) >= 11 is 0. The number of hydrogen-bond acceptors (Lipinski definition) is 4. The monoisotopic (exact) mass is 160 g/mol. The van der Waals surface area contributed by atoms with Crippen LogP contribution in [0.1, 0.15) is 19.8 Å². The molecule has 0 heterocycles. The zero-order valence-electron chi connectivity index (χ0n) is 7.04. The molecular weight excluding hydrogens is 144 g/mol. The second-order valence-corrected chi connectivity index (χ2v) is 2.68. The highest BCUT2D eigenvalue weighted by Gasteiger charge is 2.13. The average Bonchev–Trinajstić information content (AvgIpc) is 1.98. The van der Waals surface area contributed by atoms with Gasteiger partial charge in [-0.15, -0.1) is 0 Å². The van der Waals surface area contributed by atoms with Crippen LogP contribution in [0.5, 0.6) is 0 Å². The van der Waals surface area contributed by atoms with Crippen LogP contribution in [0.3, 0.4) is 0 Å². The van der Waals surface area contributed by atoms with Gasteiger partial charge in [-0.25, -0.2) is 0 Å². The first-order chi connectivity index (χ1) is 5.07. The normalized spacial score (nSPS) is 15.6. The van der Waals surface area contributed by atoms with Crippen LogP contribution < -0.4 is 11.5 Å². The van der Waals surface area contributed by atoms with Gasteiger partial charge in [0, 0.05) is 6.04 Å². The molecule has 0 aliphatic heterocycles. The predicted molar refractivity (Wildman–Crippen MR) is 42.9 cm³/mol. The van der Waals surface area contributed by atoms with Gasteiger partial charge in [-0.1, -0.05) is 0 Å². The minimum atomic E-state index is -0.522. The van der Waals surface area contributed by atoms with Crippen LogP contribution in [0.25, 0.3) is 0 Å². The van der Waals surface area contributed by atoms with Gasteiger partial charge in [0.25, 0.3) is 0 Å². The van der Waals surface area contributed by atoms with Crippen molar-refractivity contribution in [2.75, 3.05) is 7.11 Å². The van der Waals surface area contributed by atoms with Crippen LogP contribution in [0.2, 0.25) is 0 Å². The molecule has 0 spiro atoms. The Morgan fingerprint density at radius 3 is 2.36 bits per heavy atom. The van der Waals surface area contributed by atoms with Gasteiger partial charge in [0.05, 0.1) is 7.11 Å². The quantitative estimate of drug-likeness (QED) is 0.549. The lowest BCUT2D eigenvalue weighted by Gasteiger charge is -2.09. The van der Waals surface area contributed by atoms with Gasteiger partial charge >= 0.3 is 5.97 Å². The number of rotatable bonds is 4.